The molecule has 0 atom stereocenters. The molecule has 1 rings (SSSR count). The van der Waals surface area contributed by atoms with Gasteiger partial charge in [0, 0.05) is 5.70 Å². The molecule has 0 radical (unpaired) electrons. The highest BCUT2D eigenvalue weighted by Crippen LogP contribution is 2.09. The second-order valence-electron chi connectivity index (χ2n) is 3.43. The highest BCUT2D eigenvalue weighted by Gasteiger charge is 2.02. The summed E-state index contributed by atoms with van der Waals surface area (Å²) >= 11 is 0. The van der Waals surface area contributed by atoms with E-state index in [1.807, 2.05) is 45.1 Å². The van der Waals surface area contributed by atoms with Gasteiger partial charge in [0.05, 0.1) is 0 Å². The zero-order chi connectivity index (χ0) is 12.0. The molecule has 1 aromatic heterocycles. The van der Waals surface area contributed by atoms with Crippen LogP contribution in [0.3, 0.4) is 0 Å². The standard InChI is InChI=1S/C13H17N3/c1-5-7-9-11(3)13-14-10-16(15-13)12(4)8-6-2/h5-10H,2H2,1,3-4H3. The molecular formula is C13H17N3. The summed E-state index contributed by atoms with van der Waals surface area (Å²) in [6.07, 6.45) is 11.3. The predicted octanol–water partition coefficient (Wildman–Crippen LogP) is 3.30. The Morgan fingerprint density at radius 3 is 2.75 bits per heavy atom. The summed E-state index contributed by atoms with van der Waals surface area (Å²) in [6.45, 7) is 9.58. The first-order chi connectivity index (χ1) is 7.69. The molecule has 0 unspecified atom stereocenters. The summed E-state index contributed by atoms with van der Waals surface area (Å²) in [5.41, 5.74) is 2.04. The van der Waals surface area contributed by atoms with Gasteiger partial charge >= 0.3 is 0 Å². The van der Waals surface area contributed by atoms with Crippen molar-refractivity contribution < 1.29 is 0 Å². The molecule has 0 fully saturated rings. The van der Waals surface area contributed by atoms with Crippen molar-refractivity contribution in [3.63, 3.8) is 0 Å². The Bertz CT molecular complexity index is 447. The quantitative estimate of drug-likeness (QED) is 0.721. The molecule has 0 spiro atoms. The molecule has 84 valence electrons. The van der Waals surface area contributed by atoms with Crippen LogP contribution in [0.25, 0.3) is 11.3 Å². The molecular weight excluding hydrogens is 198 g/mol. The maximum Gasteiger partial charge on any atom is 0.177 e. The minimum absolute atomic E-state index is 0.745. The molecule has 0 amide bonds. The summed E-state index contributed by atoms with van der Waals surface area (Å²) in [5.74, 6) is 0.745. The Labute approximate surface area is 96.5 Å². The highest BCUT2D eigenvalue weighted by atomic mass is 15.3. The highest BCUT2D eigenvalue weighted by molar-refractivity contribution is 5.59. The lowest BCUT2D eigenvalue weighted by molar-refractivity contribution is 0.887. The fourth-order valence-electron chi connectivity index (χ4n) is 1.18. The smallest absolute Gasteiger partial charge is 0.177 e. The zero-order valence-electron chi connectivity index (χ0n) is 10.0. The fourth-order valence-corrected chi connectivity index (χ4v) is 1.18. The van der Waals surface area contributed by atoms with E-state index in [0.717, 1.165) is 17.1 Å². The lowest BCUT2D eigenvalue weighted by Gasteiger charge is -1.97. The molecule has 1 aromatic rings. The predicted molar refractivity (Wildman–Crippen MR) is 68.6 cm³/mol. The van der Waals surface area contributed by atoms with Crippen molar-refractivity contribution in [3.8, 4) is 0 Å². The van der Waals surface area contributed by atoms with Crippen LogP contribution < -0.4 is 0 Å². The Morgan fingerprint density at radius 2 is 2.12 bits per heavy atom. The van der Waals surface area contributed by atoms with Gasteiger partial charge in [-0.3, -0.25) is 0 Å². The minimum Gasteiger partial charge on any atom is -0.225 e. The van der Waals surface area contributed by atoms with Crippen LogP contribution in [0.4, 0.5) is 0 Å². The number of rotatable bonds is 4. The van der Waals surface area contributed by atoms with Crippen molar-refractivity contribution in [1.29, 1.82) is 0 Å². The molecule has 1 heterocycles. The molecule has 16 heavy (non-hydrogen) atoms. The first-order valence-electron chi connectivity index (χ1n) is 5.20. The van der Waals surface area contributed by atoms with Crippen LogP contribution in [0.1, 0.15) is 26.6 Å². The average molecular weight is 215 g/mol. The monoisotopic (exact) mass is 215 g/mol. The van der Waals surface area contributed by atoms with Gasteiger partial charge in [0.15, 0.2) is 5.82 Å². The van der Waals surface area contributed by atoms with Gasteiger partial charge < -0.3 is 0 Å². The van der Waals surface area contributed by atoms with Crippen molar-refractivity contribution in [2.45, 2.75) is 20.8 Å². The van der Waals surface area contributed by atoms with E-state index in [-0.39, 0.29) is 0 Å². The van der Waals surface area contributed by atoms with Crippen LogP contribution in [-0.4, -0.2) is 14.8 Å². The van der Waals surface area contributed by atoms with Gasteiger partial charge in [-0.25, -0.2) is 9.67 Å². The van der Waals surface area contributed by atoms with E-state index in [4.69, 9.17) is 0 Å². The van der Waals surface area contributed by atoms with Crippen molar-refractivity contribution in [2.75, 3.05) is 0 Å². The van der Waals surface area contributed by atoms with E-state index >= 15 is 0 Å². The maximum absolute atomic E-state index is 4.37. The van der Waals surface area contributed by atoms with E-state index in [1.54, 1.807) is 17.1 Å². The van der Waals surface area contributed by atoms with Gasteiger partial charge in [0.25, 0.3) is 0 Å². The summed E-state index contributed by atoms with van der Waals surface area (Å²) in [6, 6.07) is 0. The van der Waals surface area contributed by atoms with Crippen molar-refractivity contribution in [2.24, 2.45) is 0 Å². The van der Waals surface area contributed by atoms with Gasteiger partial charge in [-0.2, -0.15) is 0 Å². The Hall–Kier alpha value is -1.90. The molecule has 3 nitrogen and oxygen atoms in total. The van der Waals surface area contributed by atoms with E-state index in [0.29, 0.717) is 0 Å². The fraction of sp³-hybridized carbons (Fsp3) is 0.231. The molecule has 0 aliphatic rings. The first kappa shape index (κ1) is 12.2. The van der Waals surface area contributed by atoms with Crippen LogP contribution in [-0.2, 0) is 0 Å². The number of hydrogen-bond acceptors (Lipinski definition) is 2. The third-order valence-electron chi connectivity index (χ3n) is 2.10. The molecule has 3 heteroatoms. The van der Waals surface area contributed by atoms with Gasteiger partial charge in [-0.1, -0.05) is 30.9 Å². The van der Waals surface area contributed by atoms with Gasteiger partial charge in [-0.15, -0.1) is 5.10 Å². The Morgan fingerprint density at radius 1 is 1.38 bits per heavy atom. The molecule has 0 aliphatic carbocycles. The summed E-state index contributed by atoms with van der Waals surface area (Å²) in [5, 5.41) is 4.37. The molecule has 0 saturated carbocycles. The average Bonchev–Trinajstić information content (AvgIpc) is 2.75. The number of nitrogens with zero attached hydrogens (tertiary/aromatic N) is 3. The molecule has 0 bridgehead atoms. The molecule has 0 aliphatic heterocycles. The normalized spacial score (nSPS) is 13.4. The third kappa shape index (κ3) is 3.05. The number of allylic oxidation sites excluding steroid dienone is 7. The van der Waals surface area contributed by atoms with Crippen LogP contribution >= 0.6 is 0 Å². The Balaban J connectivity index is 2.95. The van der Waals surface area contributed by atoms with E-state index < -0.39 is 0 Å². The van der Waals surface area contributed by atoms with Crippen LogP contribution in [0.5, 0.6) is 0 Å². The zero-order valence-corrected chi connectivity index (χ0v) is 10.0. The molecule has 0 saturated heterocycles. The first-order valence-corrected chi connectivity index (χ1v) is 5.20. The number of aromatic nitrogens is 3. The van der Waals surface area contributed by atoms with Crippen molar-refractivity contribution >= 4 is 11.3 Å². The van der Waals surface area contributed by atoms with E-state index in [9.17, 15) is 0 Å². The molecule has 0 N–H and O–H groups in total. The van der Waals surface area contributed by atoms with E-state index in [1.165, 1.54) is 0 Å². The van der Waals surface area contributed by atoms with Gasteiger partial charge in [-0.05, 0) is 32.4 Å². The lowest BCUT2D eigenvalue weighted by Crippen LogP contribution is -1.94. The van der Waals surface area contributed by atoms with Crippen LogP contribution in [0.15, 0.2) is 43.3 Å². The third-order valence-corrected chi connectivity index (χ3v) is 2.10. The summed E-state index contributed by atoms with van der Waals surface area (Å²) in [4.78, 5) is 4.25. The molecule has 0 aromatic carbocycles. The number of hydrogen-bond donors (Lipinski definition) is 0. The van der Waals surface area contributed by atoms with Gasteiger partial charge in [0.2, 0.25) is 0 Å². The second kappa shape index (κ2) is 5.85. The Kier molecular flexibility index (Phi) is 4.45. The van der Waals surface area contributed by atoms with Crippen LogP contribution in [0, 0.1) is 0 Å². The van der Waals surface area contributed by atoms with Crippen molar-refractivity contribution in [1.82, 2.24) is 14.8 Å². The van der Waals surface area contributed by atoms with Crippen molar-refractivity contribution in [3.05, 3.63) is 49.1 Å². The topological polar surface area (TPSA) is 30.7 Å². The van der Waals surface area contributed by atoms with Gasteiger partial charge in [0.1, 0.15) is 6.33 Å². The van der Waals surface area contributed by atoms with Crippen LogP contribution in [0.2, 0.25) is 0 Å². The second-order valence-corrected chi connectivity index (χ2v) is 3.43. The lowest BCUT2D eigenvalue weighted by atomic mass is 10.2. The van der Waals surface area contributed by atoms with E-state index in [2.05, 4.69) is 16.7 Å². The minimum atomic E-state index is 0.745. The SMILES string of the molecule is C=CC=C(C)n1cnc(C(C)=CC=CC)n1. The summed E-state index contributed by atoms with van der Waals surface area (Å²) < 4.78 is 1.74. The summed E-state index contributed by atoms with van der Waals surface area (Å²) in [7, 11) is 0. The maximum atomic E-state index is 4.37. The largest absolute Gasteiger partial charge is 0.225 e.